The molecule has 1 amide bonds. The van der Waals surface area contributed by atoms with Gasteiger partial charge >= 0.3 is 5.76 Å². The van der Waals surface area contributed by atoms with E-state index in [9.17, 15) is 22.0 Å². The lowest BCUT2D eigenvalue weighted by molar-refractivity contribution is 0.0937. The summed E-state index contributed by atoms with van der Waals surface area (Å²) < 4.78 is 47.9. The number of sulfone groups is 1. The molecule has 1 atom stereocenters. The zero-order chi connectivity index (χ0) is 19.4. The third-order valence-electron chi connectivity index (χ3n) is 4.54. The van der Waals surface area contributed by atoms with E-state index in [1.165, 1.54) is 17.7 Å². The van der Waals surface area contributed by atoms with Crippen molar-refractivity contribution in [2.45, 2.75) is 29.7 Å². The molecule has 0 saturated carbocycles. The van der Waals surface area contributed by atoms with Crippen LogP contribution in [0.5, 0.6) is 0 Å². The summed E-state index contributed by atoms with van der Waals surface area (Å²) in [4.78, 5) is 14.1. The van der Waals surface area contributed by atoms with E-state index >= 15 is 0 Å². The van der Waals surface area contributed by atoms with Crippen LogP contribution >= 0.6 is 0 Å². The number of benzene rings is 2. The minimum Gasteiger partial charge on any atom is -0.348 e. The molecule has 27 heavy (non-hydrogen) atoms. The summed E-state index contributed by atoms with van der Waals surface area (Å²) in [6, 6.07) is 14.6. The molecule has 2 aromatic carbocycles. The van der Waals surface area contributed by atoms with E-state index in [-0.39, 0.29) is 17.5 Å². The largest absolute Gasteiger partial charge is 0.348 e. The first-order valence-corrected chi connectivity index (χ1v) is 10.1. The van der Waals surface area contributed by atoms with Gasteiger partial charge in [-0.05, 0) is 36.2 Å². The highest BCUT2D eigenvalue weighted by molar-refractivity contribution is 7.91. The summed E-state index contributed by atoms with van der Waals surface area (Å²) in [5.41, 5.74) is 1.45. The van der Waals surface area contributed by atoms with Gasteiger partial charge in [0.15, 0.2) is 0 Å². The first-order valence-electron chi connectivity index (χ1n) is 8.55. The maximum atomic E-state index is 12.5. The SMILES string of the molecule is O=C(N[C@@H]1CCN(Cc2ccccc2)C1)c1ccc(S(=O)(=O)C(F)F)cc1. The molecule has 144 valence electrons. The van der Waals surface area contributed by atoms with Gasteiger partial charge in [-0.15, -0.1) is 0 Å². The van der Waals surface area contributed by atoms with Gasteiger partial charge < -0.3 is 5.32 Å². The molecule has 1 fully saturated rings. The summed E-state index contributed by atoms with van der Waals surface area (Å²) in [7, 11) is -4.65. The van der Waals surface area contributed by atoms with Crippen molar-refractivity contribution in [3.63, 3.8) is 0 Å². The average Bonchev–Trinajstić information content (AvgIpc) is 3.09. The Morgan fingerprint density at radius 3 is 2.41 bits per heavy atom. The van der Waals surface area contributed by atoms with Crippen molar-refractivity contribution in [3.05, 3.63) is 65.7 Å². The Hall–Kier alpha value is -2.32. The van der Waals surface area contributed by atoms with Gasteiger partial charge in [-0.1, -0.05) is 30.3 Å². The molecule has 8 heteroatoms. The lowest BCUT2D eigenvalue weighted by Crippen LogP contribution is -2.37. The molecule has 1 saturated heterocycles. The quantitative estimate of drug-likeness (QED) is 0.818. The molecular formula is C19H20F2N2O3S. The fourth-order valence-electron chi connectivity index (χ4n) is 3.10. The van der Waals surface area contributed by atoms with Crippen molar-refractivity contribution < 1.29 is 22.0 Å². The van der Waals surface area contributed by atoms with Gasteiger partial charge in [-0.2, -0.15) is 8.78 Å². The van der Waals surface area contributed by atoms with E-state index in [4.69, 9.17) is 0 Å². The molecule has 3 rings (SSSR count). The van der Waals surface area contributed by atoms with E-state index < -0.39 is 20.5 Å². The number of halogens is 2. The molecule has 5 nitrogen and oxygen atoms in total. The average molecular weight is 394 g/mol. The number of carbonyl (C=O) groups is 1. The van der Waals surface area contributed by atoms with Gasteiger partial charge in [0.1, 0.15) is 0 Å². The predicted octanol–water partition coefficient (Wildman–Crippen LogP) is 2.69. The molecule has 1 aliphatic heterocycles. The van der Waals surface area contributed by atoms with Crippen molar-refractivity contribution in [3.8, 4) is 0 Å². The highest BCUT2D eigenvalue weighted by Crippen LogP contribution is 2.19. The fourth-order valence-corrected chi connectivity index (χ4v) is 3.82. The molecule has 0 aliphatic carbocycles. The van der Waals surface area contributed by atoms with Crippen molar-refractivity contribution >= 4 is 15.7 Å². The van der Waals surface area contributed by atoms with Crippen LogP contribution in [0.15, 0.2) is 59.5 Å². The maximum Gasteiger partial charge on any atom is 0.341 e. The van der Waals surface area contributed by atoms with Crippen LogP contribution in [0, 0.1) is 0 Å². The third-order valence-corrected chi connectivity index (χ3v) is 5.93. The van der Waals surface area contributed by atoms with Crippen LogP contribution < -0.4 is 5.32 Å². The molecule has 2 aromatic rings. The van der Waals surface area contributed by atoms with E-state index in [2.05, 4.69) is 22.3 Å². The number of hydrogen-bond acceptors (Lipinski definition) is 4. The van der Waals surface area contributed by atoms with E-state index in [1.807, 2.05) is 18.2 Å². The Morgan fingerprint density at radius 1 is 1.11 bits per heavy atom. The number of nitrogens with zero attached hydrogens (tertiary/aromatic N) is 1. The molecular weight excluding hydrogens is 374 g/mol. The highest BCUT2D eigenvalue weighted by atomic mass is 32.2. The normalized spacial score (nSPS) is 18.0. The van der Waals surface area contributed by atoms with Crippen LogP contribution in [0.4, 0.5) is 8.78 Å². The maximum absolute atomic E-state index is 12.5. The second-order valence-electron chi connectivity index (χ2n) is 6.51. The Bertz CT molecular complexity index is 887. The molecule has 1 aliphatic rings. The smallest absolute Gasteiger partial charge is 0.341 e. The third kappa shape index (κ3) is 4.70. The number of rotatable bonds is 6. The molecule has 1 N–H and O–H groups in total. The van der Waals surface area contributed by atoms with Gasteiger partial charge in [0.05, 0.1) is 4.90 Å². The zero-order valence-electron chi connectivity index (χ0n) is 14.5. The van der Waals surface area contributed by atoms with Crippen LogP contribution in [0.2, 0.25) is 0 Å². The van der Waals surface area contributed by atoms with Crippen LogP contribution in [0.25, 0.3) is 0 Å². The Labute approximate surface area is 156 Å². The monoisotopic (exact) mass is 394 g/mol. The Balaban J connectivity index is 1.56. The second-order valence-corrected chi connectivity index (χ2v) is 8.43. The van der Waals surface area contributed by atoms with Gasteiger partial charge in [0.25, 0.3) is 5.91 Å². The van der Waals surface area contributed by atoms with Crippen molar-refractivity contribution in [1.82, 2.24) is 10.2 Å². The minimum atomic E-state index is -4.65. The van der Waals surface area contributed by atoms with Gasteiger partial charge in [-0.3, -0.25) is 9.69 Å². The summed E-state index contributed by atoms with van der Waals surface area (Å²) in [6.07, 6.45) is 0.816. The van der Waals surface area contributed by atoms with E-state index in [0.29, 0.717) is 0 Å². The van der Waals surface area contributed by atoms with Gasteiger partial charge in [0, 0.05) is 31.2 Å². The summed E-state index contributed by atoms with van der Waals surface area (Å²) in [6.45, 7) is 2.40. The van der Waals surface area contributed by atoms with Crippen LogP contribution in [0.3, 0.4) is 0 Å². The van der Waals surface area contributed by atoms with Gasteiger partial charge in [-0.25, -0.2) is 8.42 Å². The minimum absolute atomic E-state index is 0.00862. The molecule has 0 radical (unpaired) electrons. The zero-order valence-corrected chi connectivity index (χ0v) is 15.3. The number of amides is 1. The summed E-state index contributed by atoms with van der Waals surface area (Å²) in [5.74, 6) is -3.83. The summed E-state index contributed by atoms with van der Waals surface area (Å²) in [5, 5.41) is 2.91. The van der Waals surface area contributed by atoms with Crippen LogP contribution in [-0.4, -0.2) is 44.1 Å². The van der Waals surface area contributed by atoms with E-state index in [1.54, 1.807) is 0 Å². The highest BCUT2D eigenvalue weighted by Gasteiger charge is 2.27. The molecule has 0 aromatic heterocycles. The number of nitrogens with one attached hydrogen (secondary N) is 1. The summed E-state index contributed by atoms with van der Waals surface area (Å²) >= 11 is 0. The van der Waals surface area contributed by atoms with Gasteiger partial charge in [0.2, 0.25) is 9.84 Å². The Kier molecular flexibility index (Phi) is 5.86. The lowest BCUT2D eigenvalue weighted by atomic mass is 10.2. The first kappa shape index (κ1) is 19.4. The molecule has 0 bridgehead atoms. The fraction of sp³-hybridized carbons (Fsp3) is 0.316. The topological polar surface area (TPSA) is 66.5 Å². The number of likely N-dealkylation sites (tertiary alicyclic amines) is 1. The number of hydrogen-bond donors (Lipinski definition) is 1. The first-order chi connectivity index (χ1) is 12.9. The van der Waals surface area contributed by atoms with E-state index in [0.717, 1.165) is 38.2 Å². The number of alkyl halides is 2. The van der Waals surface area contributed by atoms with Crippen LogP contribution in [-0.2, 0) is 16.4 Å². The standard InChI is InChI=1S/C19H20F2N2O3S/c20-19(21)27(25,26)17-8-6-15(7-9-17)18(24)22-16-10-11-23(13-16)12-14-4-2-1-3-5-14/h1-9,16,19H,10-13H2,(H,22,24)/t16-/m1/s1. The molecule has 1 heterocycles. The molecule has 0 unspecified atom stereocenters. The predicted molar refractivity (Wildman–Crippen MR) is 97.2 cm³/mol. The molecule has 0 spiro atoms. The van der Waals surface area contributed by atoms with Crippen molar-refractivity contribution in [2.75, 3.05) is 13.1 Å². The number of carbonyl (C=O) groups excluding carboxylic acids is 1. The van der Waals surface area contributed by atoms with Crippen LogP contribution in [0.1, 0.15) is 22.3 Å². The Morgan fingerprint density at radius 2 is 1.78 bits per heavy atom. The lowest BCUT2D eigenvalue weighted by Gasteiger charge is -2.17. The van der Waals surface area contributed by atoms with Crippen molar-refractivity contribution in [1.29, 1.82) is 0 Å². The van der Waals surface area contributed by atoms with Crippen molar-refractivity contribution in [2.24, 2.45) is 0 Å². The second kappa shape index (κ2) is 8.14.